The number of fused-ring (bicyclic) bond motifs is 1. The first-order chi connectivity index (χ1) is 16.4. The molecule has 0 radical (unpaired) electrons. The molecular weight excluding hydrogens is 424 g/mol. The number of hydrogen-bond donors (Lipinski definition) is 1. The summed E-state index contributed by atoms with van der Waals surface area (Å²) in [4.78, 5) is 29.3. The first-order valence-corrected chi connectivity index (χ1v) is 13.1. The predicted octanol–water partition coefficient (Wildman–Crippen LogP) is 5.08. The van der Waals surface area contributed by atoms with Gasteiger partial charge < -0.3 is 10.2 Å². The van der Waals surface area contributed by atoms with E-state index in [1.54, 1.807) is 4.68 Å². The van der Waals surface area contributed by atoms with Gasteiger partial charge in [0, 0.05) is 12.6 Å². The molecule has 0 saturated heterocycles. The molecule has 2 aromatic rings. The van der Waals surface area contributed by atoms with E-state index >= 15 is 0 Å². The monoisotopic (exact) mass is 464 g/mol. The first kappa shape index (κ1) is 24.5. The largest absolute Gasteiger partial charge is 0.351 e. The van der Waals surface area contributed by atoms with Crippen molar-refractivity contribution in [1.82, 2.24) is 20.0 Å². The van der Waals surface area contributed by atoms with Gasteiger partial charge in [0.15, 0.2) is 0 Å². The highest BCUT2D eigenvalue weighted by atomic mass is 16.2. The third-order valence-electron chi connectivity index (χ3n) is 7.53. The Morgan fingerprint density at radius 1 is 1.12 bits per heavy atom. The first-order valence-electron chi connectivity index (χ1n) is 13.1. The fourth-order valence-corrected chi connectivity index (χ4v) is 5.32. The van der Waals surface area contributed by atoms with E-state index in [1.807, 2.05) is 36.1 Å². The van der Waals surface area contributed by atoms with Crippen LogP contribution in [0.5, 0.6) is 0 Å². The smallest absolute Gasteiger partial charge is 0.273 e. The Labute approximate surface area is 204 Å². The second-order valence-electron chi connectivity index (χ2n) is 10.6. The summed E-state index contributed by atoms with van der Waals surface area (Å²) in [5, 5.41) is 8.05. The highest BCUT2D eigenvalue weighted by molar-refractivity contribution is 5.99. The molecule has 1 saturated carbocycles. The molecule has 0 spiro atoms. The number of nitrogens with zero attached hydrogens (tertiary/aromatic N) is 3. The van der Waals surface area contributed by atoms with Crippen molar-refractivity contribution in [3.05, 3.63) is 53.3 Å². The van der Waals surface area contributed by atoms with Gasteiger partial charge in [-0.2, -0.15) is 5.10 Å². The Balaban J connectivity index is 1.56. The van der Waals surface area contributed by atoms with Gasteiger partial charge >= 0.3 is 0 Å². The van der Waals surface area contributed by atoms with E-state index in [-0.39, 0.29) is 23.8 Å². The third kappa shape index (κ3) is 5.37. The van der Waals surface area contributed by atoms with Crippen LogP contribution in [0.15, 0.2) is 36.4 Å². The van der Waals surface area contributed by atoms with Crippen LogP contribution >= 0.6 is 0 Å². The Hall–Kier alpha value is -2.63. The van der Waals surface area contributed by atoms with Crippen molar-refractivity contribution >= 4 is 11.8 Å². The molecule has 2 amide bonds. The summed E-state index contributed by atoms with van der Waals surface area (Å²) >= 11 is 0. The maximum absolute atomic E-state index is 13.8. The molecule has 34 heavy (non-hydrogen) atoms. The van der Waals surface area contributed by atoms with Crippen LogP contribution < -0.4 is 5.32 Å². The Morgan fingerprint density at radius 2 is 1.79 bits per heavy atom. The maximum atomic E-state index is 13.8. The van der Waals surface area contributed by atoms with Crippen LogP contribution in [-0.4, -0.2) is 44.6 Å². The second-order valence-corrected chi connectivity index (χ2v) is 10.6. The van der Waals surface area contributed by atoms with E-state index < -0.39 is 5.54 Å². The number of rotatable bonds is 7. The minimum absolute atomic E-state index is 0.0432. The van der Waals surface area contributed by atoms with Crippen LogP contribution in [0, 0.1) is 0 Å². The average molecular weight is 465 g/mol. The lowest BCUT2D eigenvalue weighted by molar-refractivity contribution is -0.134. The number of nitrogens with one attached hydrogen (secondary N) is 1. The van der Waals surface area contributed by atoms with E-state index in [0.29, 0.717) is 18.8 Å². The summed E-state index contributed by atoms with van der Waals surface area (Å²) in [5.41, 5.74) is 1.79. The summed E-state index contributed by atoms with van der Waals surface area (Å²) in [6.45, 7) is 7.02. The molecule has 1 aromatic carbocycles. The number of benzene rings is 1. The standard InChI is InChI=1S/C28H40N4O2/c1-21(2)24-19-25-26(33)31(18-12-15-22-13-8-7-9-14-22)28(3,20-32(25)30-24)27(34)29-23-16-10-5-4-6-11-17-23/h7-9,13-14,19,21,23H,4-6,10-12,15-18,20H2,1-3H3,(H,29,34)/t28-/m1/s1. The summed E-state index contributed by atoms with van der Waals surface area (Å²) in [6.07, 6.45) is 9.81. The van der Waals surface area contributed by atoms with Crippen LogP contribution in [0.2, 0.25) is 0 Å². The molecule has 1 fully saturated rings. The van der Waals surface area contributed by atoms with Crippen molar-refractivity contribution in [2.45, 2.75) is 103 Å². The van der Waals surface area contributed by atoms with E-state index in [9.17, 15) is 9.59 Å². The summed E-state index contributed by atoms with van der Waals surface area (Å²) in [6, 6.07) is 12.4. The summed E-state index contributed by atoms with van der Waals surface area (Å²) < 4.78 is 1.77. The molecule has 6 nitrogen and oxygen atoms in total. The Bertz CT molecular complexity index is 976. The van der Waals surface area contributed by atoms with Gasteiger partial charge in [-0.3, -0.25) is 14.3 Å². The van der Waals surface area contributed by atoms with Gasteiger partial charge in [0.05, 0.1) is 12.2 Å². The molecule has 1 aliphatic heterocycles. The molecule has 0 unspecified atom stereocenters. The lowest BCUT2D eigenvalue weighted by Gasteiger charge is -2.44. The highest BCUT2D eigenvalue weighted by Crippen LogP contribution is 2.30. The minimum atomic E-state index is -0.955. The van der Waals surface area contributed by atoms with E-state index in [0.717, 1.165) is 44.2 Å². The van der Waals surface area contributed by atoms with Gasteiger partial charge in [-0.25, -0.2) is 0 Å². The van der Waals surface area contributed by atoms with Gasteiger partial charge in [-0.1, -0.05) is 76.3 Å². The van der Waals surface area contributed by atoms with Gasteiger partial charge in [0.1, 0.15) is 11.2 Å². The molecule has 0 bridgehead atoms. The fraction of sp³-hybridized carbons (Fsp3) is 0.607. The number of aromatic nitrogens is 2. The summed E-state index contributed by atoms with van der Waals surface area (Å²) in [7, 11) is 0. The lowest BCUT2D eigenvalue weighted by atomic mass is 9.92. The van der Waals surface area contributed by atoms with Crippen molar-refractivity contribution in [3.63, 3.8) is 0 Å². The molecule has 1 aromatic heterocycles. The number of hydrogen-bond acceptors (Lipinski definition) is 3. The maximum Gasteiger partial charge on any atom is 0.273 e. The van der Waals surface area contributed by atoms with Crippen LogP contribution in [-0.2, 0) is 17.8 Å². The van der Waals surface area contributed by atoms with Crippen LogP contribution in [0.25, 0.3) is 0 Å². The van der Waals surface area contributed by atoms with Crippen molar-refractivity contribution < 1.29 is 9.59 Å². The van der Waals surface area contributed by atoms with E-state index in [2.05, 4.69) is 31.3 Å². The molecule has 6 heteroatoms. The topological polar surface area (TPSA) is 67.2 Å². The molecule has 4 rings (SSSR count). The molecule has 2 aliphatic rings. The van der Waals surface area contributed by atoms with Gasteiger partial charge in [0.2, 0.25) is 5.91 Å². The third-order valence-corrected chi connectivity index (χ3v) is 7.53. The van der Waals surface area contributed by atoms with E-state index in [4.69, 9.17) is 5.10 Å². The molecule has 1 N–H and O–H groups in total. The van der Waals surface area contributed by atoms with Gasteiger partial charge in [-0.15, -0.1) is 0 Å². The van der Waals surface area contributed by atoms with Gasteiger partial charge in [0.25, 0.3) is 5.91 Å². The van der Waals surface area contributed by atoms with Gasteiger partial charge in [-0.05, 0) is 50.2 Å². The quantitative estimate of drug-likeness (QED) is 0.621. The number of amides is 2. The molecular formula is C28H40N4O2. The molecule has 1 atom stereocenters. The van der Waals surface area contributed by atoms with Crippen molar-refractivity contribution in [3.8, 4) is 0 Å². The SMILES string of the molecule is CC(C)c1cc2n(n1)C[C@](C)(C(=O)NC1CCCCCCC1)N(CCCc1ccccc1)C2=O. The Morgan fingerprint density at radius 3 is 2.47 bits per heavy atom. The van der Waals surface area contributed by atoms with Crippen LogP contribution in [0.1, 0.15) is 99.8 Å². The highest BCUT2D eigenvalue weighted by Gasteiger charge is 2.48. The fourth-order valence-electron chi connectivity index (χ4n) is 5.32. The predicted molar refractivity (Wildman–Crippen MR) is 135 cm³/mol. The zero-order chi connectivity index (χ0) is 24.1. The van der Waals surface area contributed by atoms with Crippen LogP contribution in [0.4, 0.5) is 0 Å². The zero-order valence-corrected chi connectivity index (χ0v) is 21.1. The van der Waals surface area contributed by atoms with Crippen LogP contribution in [0.3, 0.4) is 0 Å². The average Bonchev–Trinajstić information content (AvgIpc) is 3.22. The van der Waals surface area contributed by atoms with E-state index in [1.165, 1.54) is 24.8 Å². The van der Waals surface area contributed by atoms with Crippen molar-refractivity contribution in [1.29, 1.82) is 0 Å². The lowest BCUT2D eigenvalue weighted by Crippen LogP contribution is -2.65. The summed E-state index contributed by atoms with van der Waals surface area (Å²) in [5.74, 6) is 0.0971. The number of aryl methyl sites for hydroxylation is 1. The molecule has 184 valence electrons. The molecule has 2 heterocycles. The normalized spacial score (nSPS) is 21.8. The number of carbonyl (C=O) groups is 2. The Kier molecular flexibility index (Phi) is 7.74. The minimum Gasteiger partial charge on any atom is -0.351 e. The van der Waals surface area contributed by atoms with Crippen molar-refractivity contribution in [2.24, 2.45) is 0 Å². The second kappa shape index (κ2) is 10.7. The zero-order valence-electron chi connectivity index (χ0n) is 21.1. The number of carbonyl (C=O) groups excluding carboxylic acids is 2. The van der Waals surface area contributed by atoms with Crippen molar-refractivity contribution in [2.75, 3.05) is 6.54 Å². The molecule has 1 aliphatic carbocycles.